The van der Waals surface area contributed by atoms with Gasteiger partial charge in [-0.1, -0.05) is 35.6 Å². The van der Waals surface area contributed by atoms with Gasteiger partial charge in [0, 0.05) is 11.8 Å². The number of hydrogen-bond donors (Lipinski definition) is 1. The Hall–Kier alpha value is -3.14. The number of thiophene rings is 1. The molecule has 0 unspecified atom stereocenters. The Balaban J connectivity index is 1.68. The molecule has 0 saturated carbocycles. The number of aromatic nitrogens is 3. The summed E-state index contributed by atoms with van der Waals surface area (Å²) in [6.07, 6.45) is 2.99. The van der Waals surface area contributed by atoms with E-state index in [1.807, 2.05) is 30.3 Å². The topological polar surface area (TPSA) is 67.5 Å². The lowest BCUT2D eigenvalue weighted by molar-refractivity contribution is 0.0699. The van der Waals surface area contributed by atoms with Gasteiger partial charge in [-0.2, -0.15) is 5.10 Å². The van der Waals surface area contributed by atoms with Crippen molar-refractivity contribution in [1.29, 1.82) is 0 Å². The molecule has 0 aliphatic rings. The monoisotopic (exact) mass is 379 g/mol. The number of carboxylic acids is 1. The van der Waals surface area contributed by atoms with Gasteiger partial charge in [-0.05, 0) is 30.3 Å². The summed E-state index contributed by atoms with van der Waals surface area (Å²) >= 11 is 7.59. The molecule has 0 radical (unpaired) electrons. The van der Waals surface area contributed by atoms with Gasteiger partial charge >= 0.3 is 5.97 Å². The zero-order chi connectivity index (χ0) is 18.1. The SMILES string of the molecule is O=C(O)c1cnn2ccc(-c3ccc(C#Cc4ccccc4Cl)s3)nc12. The van der Waals surface area contributed by atoms with E-state index in [0.717, 1.165) is 15.3 Å². The number of hydrogen-bond acceptors (Lipinski definition) is 4. The number of benzene rings is 1. The molecule has 0 bridgehead atoms. The van der Waals surface area contributed by atoms with Crippen LogP contribution in [0.15, 0.2) is 54.9 Å². The van der Waals surface area contributed by atoms with Crippen LogP contribution in [0.4, 0.5) is 0 Å². The van der Waals surface area contributed by atoms with Crippen LogP contribution in [0, 0.1) is 11.8 Å². The van der Waals surface area contributed by atoms with E-state index >= 15 is 0 Å². The lowest BCUT2D eigenvalue weighted by Crippen LogP contribution is -1.98. The minimum atomic E-state index is -1.05. The molecule has 0 atom stereocenters. The van der Waals surface area contributed by atoms with Crippen molar-refractivity contribution in [2.24, 2.45) is 0 Å². The minimum Gasteiger partial charge on any atom is -0.477 e. The summed E-state index contributed by atoms with van der Waals surface area (Å²) < 4.78 is 1.44. The molecule has 0 amide bonds. The Bertz CT molecular complexity index is 1200. The number of fused-ring (bicyclic) bond motifs is 1. The highest BCUT2D eigenvalue weighted by molar-refractivity contribution is 7.16. The predicted octanol–water partition coefficient (Wildman–Crippen LogP) is 4.21. The van der Waals surface area contributed by atoms with Crippen LogP contribution >= 0.6 is 22.9 Å². The number of halogens is 1. The van der Waals surface area contributed by atoms with E-state index in [-0.39, 0.29) is 5.56 Å². The number of carbonyl (C=O) groups is 1. The minimum absolute atomic E-state index is 0.0714. The van der Waals surface area contributed by atoms with Crippen LogP contribution in [0.1, 0.15) is 20.8 Å². The summed E-state index contributed by atoms with van der Waals surface area (Å²) in [5.41, 5.74) is 1.83. The molecule has 3 aromatic heterocycles. The normalized spacial score (nSPS) is 10.5. The Morgan fingerprint density at radius 2 is 2.00 bits per heavy atom. The average molecular weight is 380 g/mol. The van der Waals surface area contributed by atoms with E-state index < -0.39 is 5.97 Å². The maximum atomic E-state index is 11.3. The van der Waals surface area contributed by atoms with Crippen LogP contribution in [0.2, 0.25) is 5.02 Å². The summed E-state index contributed by atoms with van der Waals surface area (Å²) in [6.45, 7) is 0. The zero-order valence-corrected chi connectivity index (χ0v) is 14.8. The molecule has 5 nitrogen and oxygen atoms in total. The first-order valence-corrected chi connectivity index (χ1v) is 8.76. The first kappa shape index (κ1) is 16.3. The third-order valence-corrected chi connectivity index (χ3v) is 5.00. The van der Waals surface area contributed by atoms with E-state index in [1.54, 1.807) is 18.3 Å². The fourth-order valence-corrected chi connectivity index (χ4v) is 3.40. The van der Waals surface area contributed by atoms with Crippen LogP contribution in [-0.4, -0.2) is 25.7 Å². The van der Waals surface area contributed by atoms with Gasteiger partial charge in [-0.25, -0.2) is 14.3 Å². The van der Waals surface area contributed by atoms with Crippen LogP contribution < -0.4 is 0 Å². The molecule has 7 heteroatoms. The number of carboxylic acid groups (broad SMARTS) is 1. The molecule has 4 rings (SSSR count). The third kappa shape index (κ3) is 3.06. The first-order valence-electron chi connectivity index (χ1n) is 7.56. The standard InChI is InChI=1S/C19H10ClN3O2S/c20-15-4-2-1-3-12(15)5-6-13-7-8-17(26-13)16-9-10-23-18(22-16)14(11-21-23)19(24)25/h1-4,7-11H,(H,24,25). The number of nitrogens with zero attached hydrogens (tertiary/aromatic N) is 3. The van der Waals surface area contributed by atoms with E-state index in [4.69, 9.17) is 11.6 Å². The zero-order valence-electron chi connectivity index (χ0n) is 13.2. The van der Waals surface area contributed by atoms with Crippen LogP contribution in [0.25, 0.3) is 16.2 Å². The van der Waals surface area contributed by atoms with E-state index in [9.17, 15) is 9.90 Å². The molecule has 4 aromatic rings. The van der Waals surface area contributed by atoms with Crippen molar-refractivity contribution < 1.29 is 9.90 Å². The molecular weight excluding hydrogens is 370 g/mol. The van der Waals surface area contributed by atoms with Crippen molar-refractivity contribution in [3.63, 3.8) is 0 Å². The van der Waals surface area contributed by atoms with E-state index in [0.29, 0.717) is 16.4 Å². The second kappa shape index (κ2) is 6.64. The van der Waals surface area contributed by atoms with Gasteiger partial charge in [-0.15, -0.1) is 11.3 Å². The number of rotatable bonds is 2. The highest BCUT2D eigenvalue weighted by Gasteiger charge is 2.14. The second-order valence-electron chi connectivity index (χ2n) is 5.34. The lowest BCUT2D eigenvalue weighted by atomic mass is 10.2. The quantitative estimate of drug-likeness (QED) is 0.530. The van der Waals surface area contributed by atoms with Gasteiger partial charge in [0.25, 0.3) is 0 Å². The molecule has 0 aliphatic heterocycles. The fourth-order valence-electron chi connectivity index (χ4n) is 2.39. The van der Waals surface area contributed by atoms with E-state index in [1.165, 1.54) is 22.0 Å². The van der Waals surface area contributed by atoms with Gasteiger partial charge < -0.3 is 5.11 Å². The van der Waals surface area contributed by atoms with Crippen LogP contribution in [-0.2, 0) is 0 Å². The Morgan fingerprint density at radius 1 is 1.15 bits per heavy atom. The summed E-state index contributed by atoms with van der Waals surface area (Å²) in [6, 6.07) is 13.0. The van der Waals surface area contributed by atoms with Gasteiger partial charge in [0.2, 0.25) is 0 Å². The predicted molar refractivity (Wildman–Crippen MR) is 101 cm³/mol. The smallest absolute Gasteiger partial charge is 0.341 e. The van der Waals surface area contributed by atoms with Gasteiger partial charge in [0.1, 0.15) is 5.56 Å². The molecule has 0 saturated heterocycles. The molecule has 0 spiro atoms. The second-order valence-corrected chi connectivity index (χ2v) is 6.83. The lowest BCUT2D eigenvalue weighted by Gasteiger charge is -1.98. The Labute approximate surface area is 157 Å². The van der Waals surface area contributed by atoms with Crippen molar-refractivity contribution in [3.8, 4) is 22.4 Å². The summed E-state index contributed by atoms with van der Waals surface area (Å²) in [5.74, 6) is 5.10. The molecule has 126 valence electrons. The molecule has 1 aromatic carbocycles. The van der Waals surface area contributed by atoms with Crippen molar-refractivity contribution in [2.45, 2.75) is 0 Å². The van der Waals surface area contributed by atoms with Crippen molar-refractivity contribution in [1.82, 2.24) is 14.6 Å². The largest absolute Gasteiger partial charge is 0.477 e. The van der Waals surface area contributed by atoms with Gasteiger partial charge in [0.05, 0.1) is 26.7 Å². The Morgan fingerprint density at radius 3 is 2.81 bits per heavy atom. The van der Waals surface area contributed by atoms with Crippen molar-refractivity contribution >= 4 is 34.6 Å². The Kier molecular flexibility index (Phi) is 4.17. The van der Waals surface area contributed by atoms with Crippen LogP contribution in [0.5, 0.6) is 0 Å². The fraction of sp³-hybridized carbons (Fsp3) is 0. The van der Waals surface area contributed by atoms with Crippen molar-refractivity contribution in [2.75, 3.05) is 0 Å². The van der Waals surface area contributed by atoms with Crippen molar-refractivity contribution in [3.05, 3.63) is 75.9 Å². The molecule has 1 N–H and O–H groups in total. The molecule has 0 fully saturated rings. The molecule has 0 aliphatic carbocycles. The maximum Gasteiger partial charge on any atom is 0.341 e. The molecule has 3 heterocycles. The average Bonchev–Trinajstić information content (AvgIpc) is 3.27. The van der Waals surface area contributed by atoms with Gasteiger partial charge in [0.15, 0.2) is 5.65 Å². The maximum absolute atomic E-state index is 11.3. The first-order chi connectivity index (χ1) is 12.6. The van der Waals surface area contributed by atoms with Gasteiger partial charge in [-0.3, -0.25) is 0 Å². The highest BCUT2D eigenvalue weighted by atomic mass is 35.5. The van der Waals surface area contributed by atoms with Crippen LogP contribution in [0.3, 0.4) is 0 Å². The summed E-state index contributed by atoms with van der Waals surface area (Å²) in [5, 5.41) is 13.8. The summed E-state index contributed by atoms with van der Waals surface area (Å²) in [7, 11) is 0. The molecule has 26 heavy (non-hydrogen) atoms. The highest BCUT2D eigenvalue weighted by Crippen LogP contribution is 2.27. The van der Waals surface area contributed by atoms with E-state index in [2.05, 4.69) is 21.9 Å². The summed E-state index contributed by atoms with van der Waals surface area (Å²) in [4.78, 5) is 17.5. The third-order valence-electron chi connectivity index (χ3n) is 3.65. The number of aromatic carboxylic acids is 1. The molecular formula is C19H10ClN3O2S.